The summed E-state index contributed by atoms with van der Waals surface area (Å²) in [6.45, 7) is 2.29. The first-order valence-electron chi connectivity index (χ1n) is 10.0. The fourth-order valence-electron chi connectivity index (χ4n) is 3.67. The van der Waals surface area contributed by atoms with Crippen LogP contribution in [-0.2, 0) is 16.4 Å². The lowest BCUT2D eigenvalue weighted by Gasteiger charge is -2.31. The van der Waals surface area contributed by atoms with Crippen LogP contribution in [0.1, 0.15) is 27.9 Å². The number of sulfonamides is 1. The highest BCUT2D eigenvalue weighted by Gasteiger charge is 2.29. The molecule has 1 N–H and O–H groups in total. The van der Waals surface area contributed by atoms with Crippen molar-refractivity contribution in [1.82, 2.24) is 0 Å². The quantitative estimate of drug-likeness (QED) is 0.459. The number of carbonyl (C=O) groups excluding carboxylic acids is 1. The molecule has 4 rings (SSSR count). The average molecular weight is 452 g/mol. The largest absolute Gasteiger partial charge is 0.322 e. The van der Waals surface area contributed by atoms with Gasteiger partial charge in [-0.1, -0.05) is 17.7 Å². The first kappa shape index (κ1) is 21.5. The molecule has 0 atom stereocenters. The van der Waals surface area contributed by atoms with E-state index in [1.165, 1.54) is 28.6 Å². The van der Waals surface area contributed by atoms with Gasteiger partial charge in [-0.25, -0.2) is 8.42 Å². The summed E-state index contributed by atoms with van der Waals surface area (Å²) >= 11 is 0. The van der Waals surface area contributed by atoms with Gasteiger partial charge in [0.1, 0.15) is 0 Å². The van der Waals surface area contributed by atoms with Gasteiger partial charge in [-0.2, -0.15) is 0 Å². The molecule has 0 aliphatic carbocycles. The van der Waals surface area contributed by atoms with Gasteiger partial charge in [0, 0.05) is 29.9 Å². The van der Waals surface area contributed by atoms with E-state index in [9.17, 15) is 23.3 Å². The Labute approximate surface area is 185 Å². The Morgan fingerprint density at radius 2 is 1.72 bits per heavy atom. The zero-order valence-corrected chi connectivity index (χ0v) is 18.1. The van der Waals surface area contributed by atoms with Gasteiger partial charge in [-0.15, -0.1) is 0 Å². The van der Waals surface area contributed by atoms with Gasteiger partial charge in [0.05, 0.1) is 15.5 Å². The molecule has 0 spiro atoms. The SMILES string of the molecule is Cc1ccc(S(=O)(=O)N2CCCc3cc(NC(=O)c4ccc([N+](=O)[O-])cc4)ccc32)cc1. The van der Waals surface area contributed by atoms with Crippen LogP contribution in [0.3, 0.4) is 0 Å². The van der Waals surface area contributed by atoms with Crippen molar-refractivity contribution in [2.75, 3.05) is 16.2 Å². The Morgan fingerprint density at radius 3 is 2.38 bits per heavy atom. The number of rotatable bonds is 5. The number of fused-ring (bicyclic) bond motifs is 1. The minimum Gasteiger partial charge on any atom is -0.322 e. The lowest BCUT2D eigenvalue weighted by molar-refractivity contribution is -0.384. The molecule has 9 heteroatoms. The summed E-state index contributed by atoms with van der Waals surface area (Å²) in [6.07, 6.45) is 1.36. The zero-order chi connectivity index (χ0) is 22.9. The minimum absolute atomic E-state index is 0.0924. The molecule has 0 saturated carbocycles. The van der Waals surface area contributed by atoms with Gasteiger partial charge in [-0.3, -0.25) is 19.2 Å². The predicted octanol–water partition coefficient (Wildman–Crippen LogP) is 4.30. The molecule has 0 bridgehead atoms. The Balaban J connectivity index is 1.57. The van der Waals surface area contributed by atoms with Crippen molar-refractivity contribution in [3.05, 3.63) is 93.5 Å². The van der Waals surface area contributed by atoms with Crippen LogP contribution in [0.5, 0.6) is 0 Å². The van der Waals surface area contributed by atoms with Crippen LogP contribution in [-0.4, -0.2) is 25.8 Å². The van der Waals surface area contributed by atoms with Crippen molar-refractivity contribution >= 4 is 33.0 Å². The number of non-ortho nitro benzene ring substituents is 1. The van der Waals surface area contributed by atoms with E-state index in [1.54, 1.807) is 42.5 Å². The number of anilines is 2. The van der Waals surface area contributed by atoms with Crippen LogP contribution in [0, 0.1) is 17.0 Å². The summed E-state index contributed by atoms with van der Waals surface area (Å²) in [5.74, 6) is -0.403. The maximum Gasteiger partial charge on any atom is 0.269 e. The molecule has 0 saturated heterocycles. The minimum atomic E-state index is -3.69. The highest BCUT2D eigenvalue weighted by Crippen LogP contribution is 2.34. The summed E-state index contributed by atoms with van der Waals surface area (Å²) in [4.78, 5) is 23.0. The number of hydrogen-bond donors (Lipinski definition) is 1. The van der Waals surface area contributed by atoms with E-state index in [-0.39, 0.29) is 16.1 Å². The van der Waals surface area contributed by atoms with Crippen molar-refractivity contribution in [2.45, 2.75) is 24.7 Å². The van der Waals surface area contributed by atoms with Gasteiger partial charge in [-0.05, 0) is 67.8 Å². The zero-order valence-electron chi connectivity index (χ0n) is 17.3. The number of hydrogen-bond acceptors (Lipinski definition) is 5. The second-order valence-electron chi connectivity index (χ2n) is 7.60. The highest BCUT2D eigenvalue weighted by molar-refractivity contribution is 7.92. The molecular formula is C23H21N3O5S. The molecule has 1 aliphatic heterocycles. The molecule has 1 amide bonds. The van der Waals surface area contributed by atoms with Crippen LogP contribution in [0.4, 0.5) is 17.1 Å². The number of carbonyl (C=O) groups is 1. The molecule has 3 aromatic rings. The summed E-state index contributed by atoms with van der Waals surface area (Å²) < 4.78 is 27.8. The molecule has 3 aromatic carbocycles. The molecule has 0 radical (unpaired) electrons. The molecule has 1 aliphatic rings. The smallest absolute Gasteiger partial charge is 0.269 e. The average Bonchev–Trinajstić information content (AvgIpc) is 2.78. The van der Waals surface area contributed by atoms with Crippen molar-refractivity contribution in [2.24, 2.45) is 0 Å². The summed E-state index contributed by atoms with van der Waals surface area (Å²) in [5, 5.41) is 13.5. The van der Waals surface area contributed by atoms with Crippen molar-refractivity contribution in [1.29, 1.82) is 0 Å². The fraction of sp³-hybridized carbons (Fsp3) is 0.174. The van der Waals surface area contributed by atoms with E-state index < -0.39 is 20.9 Å². The molecular weight excluding hydrogens is 430 g/mol. The highest BCUT2D eigenvalue weighted by atomic mass is 32.2. The van der Waals surface area contributed by atoms with Gasteiger partial charge in [0.2, 0.25) is 0 Å². The number of nitro groups is 1. The maximum absolute atomic E-state index is 13.2. The second-order valence-corrected chi connectivity index (χ2v) is 9.46. The van der Waals surface area contributed by atoms with E-state index in [0.717, 1.165) is 11.1 Å². The number of benzene rings is 3. The van der Waals surface area contributed by atoms with Crippen LogP contribution in [0.2, 0.25) is 0 Å². The number of aryl methyl sites for hydroxylation is 2. The number of nitrogens with zero attached hydrogens (tertiary/aromatic N) is 2. The predicted molar refractivity (Wildman–Crippen MR) is 122 cm³/mol. The number of nitro benzene ring substituents is 1. The third-order valence-electron chi connectivity index (χ3n) is 5.36. The maximum atomic E-state index is 13.2. The van der Waals surface area contributed by atoms with Crippen LogP contribution < -0.4 is 9.62 Å². The lowest BCUT2D eigenvalue weighted by Crippen LogP contribution is -2.35. The van der Waals surface area contributed by atoms with Crippen molar-refractivity contribution in [3.63, 3.8) is 0 Å². The lowest BCUT2D eigenvalue weighted by atomic mass is 10.0. The fourth-order valence-corrected chi connectivity index (χ4v) is 5.21. The standard InChI is InChI=1S/C23H21N3O5S/c1-16-4-11-21(12-5-16)32(30,31)25-14-2-3-18-15-19(8-13-22(18)25)24-23(27)17-6-9-20(10-7-17)26(28)29/h4-13,15H,2-3,14H2,1H3,(H,24,27). The Bertz CT molecular complexity index is 1290. The first-order chi connectivity index (χ1) is 15.3. The molecule has 8 nitrogen and oxygen atoms in total. The Morgan fingerprint density at radius 1 is 1.03 bits per heavy atom. The van der Waals surface area contributed by atoms with E-state index in [4.69, 9.17) is 0 Å². The molecule has 1 heterocycles. The molecule has 0 aromatic heterocycles. The first-order valence-corrected chi connectivity index (χ1v) is 11.5. The summed E-state index contributed by atoms with van der Waals surface area (Å²) in [7, 11) is -3.69. The topological polar surface area (TPSA) is 110 Å². The third kappa shape index (κ3) is 4.19. The van der Waals surface area contributed by atoms with Crippen LogP contribution in [0.15, 0.2) is 71.6 Å². The van der Waals surface area contributed by atoms with E-state index in [2.05, 4.69) is 5.32 Å². The van der Waals surface area contributed by atoms with Crippen molar-refractivity contribution < 1.29 is 18.1 Å². The normalized spacial score (nSPS) is 13.3. The third-order valence-corrected chi connectivity index (χ3v) is 7.19. The molecule has 32 heavy (non-hydrogen) atoms. The van der Waals surface area contributed by atoms with E-state index in [0.29, 0.717) is 30.8 Å². The van der Waals surface area contributed by atoms with Gasteiger partial charge in [0.25, 0.3) is 21.6 Å². The number of nitrogens with one attached hydrogen (secondary N) is 1. The van der Waals surface area contributed by atoms with E-state index in [1.807, 2.05) is 6.92 Å². The summed E-state index contributed by atoms with van der Waals surface area (Å²) in [5.41, 5.74) is 3.14. The number of amides is 1. The second kappa shape index (κ2) is 8.43. The van der Waals surface area contributed by atoms with E-state index >= 15 is 0 Å². The van der Waals surface area contributed by atoms with Crippen molar-refractivity contribution in [3.8, 4) is 0 Å². The monoisotopic (exact) mass is 451 g/mol. The molecule has 0 fully saturated rings. The Kier molecular flexibility index (Phi) is 5.67. The van der Waals surface area contributed by atoms with Gasteiger partial charge < -0.3 is 5.32 Å². The Hall–Kier alpha value is -3.72. The summed E-state index contributed by atoms with van der Waals surface area (Å²) in [6, 6.07) is 17.2. The van der Waals surface area contributed by atoms with Gasteiger partial charge in [0.15, 0.2) is 0 Å². The van der Waals surface area contributed by atoms with Crippen LogP contribution in [0.25, 0.3) is 0 Å². The molecule has 0 unspecified atom stereocenters. The van der Waals surface area contributed by atoms with Crippen LogP contribution >= 0.6 is 0 Å². The van der Waals surface area contributed by atoms with Gasteiger partial charge >= 0.3 is 0 Å². The molecule has 164 valence electrons.